The lowest BCUT2D eigenvalue weighted by Crippen LogP contribution is -2.33. The van der Waals surface area contributed by atoms with Crippen molar-refractivity contribution in [2.75, 3.05) is 30.8 Å². The van der Waals surface area contributed by atoms with Crippen molar-refractivity contribution in [2.24, 2.45) is 5.92 Å². The molecule has 1 aromatic carbocycles. The average Bonchev–Trinajstić information content (AvgIpc) is 2.49. The van der Waals surface area contributed by atoms with Gasteiger partial charge in [-0.15, -0.1) is 0 Å². The van der Waals surface area contributed by atoms with E-state index in [1.807, 2.05) is 13.0 Å². The molecule has 0 bridgehead atoms. The summed E-state index contributed by atoms with van der Waals surface area (Å²) in [5.74, 6) is 0.470. The average molecular weight is 276 g/mol. The van der Waals surface area contributed by atoms with Crippen LogP contribution in [0.1, 0.15) is 42.1 Å². The Balaban J connectivity index is 2.25. The van der Waals surface area contributed by atoms with Gasteiger partial charge in [0, 0.05) is 24.5 Å². The summed E-state index contributed by atoms with van der Waals surface area (Å²) >= 11 is 0. The van der Waals surface area contributed by atoms with Crippen molar-refractivity contribution in [1.29, 1.82) is 0 Å². The van der Waals surface area contributed by atoms with Crippen molar-refractivity contribution < 1.29 is 9.53 Å². The molecule has 4 heteroatoms. The maximum atomic E-state index is 11.8. The van der Waals surface area contributed by atoms with Gasteiger partial charge >= 0.3 is 5.97 Å². The van der Waals surface area contributed by atoms with E-state index in [1.54, 1.807) is 0 Å². The van der Waals surface area contributed by atoms with E-state index >= 15 is 0 Å². The molecule has 1 aliphatic rings. The quantitative estimate of drug-likeness (QED) is 0.681. The highest BCUT2D eigenvalue weighted by molar-refractivity contribution is 5.97. The molecule has 0 saturated carbocycles. The Kier molecular flexibility index (Phi) is 4.53. The second-order valence-electron chi connectivity index (χ2n) is 5.55. The molecule has 0 aliphatic carbocycles. The number of nitrogen functional groups attached to an aromatic ring is 1. The van der Waals surface area contributed by atoms with Gasteiger partial charge in [0.05, 0.1) is 12.7 Å². The van der Waals surface area contributed by atoms with Crippen LogP contribution in [0.5, 0.6) is 0 Å². The molecule has 1 aliphatic heterocycles. The van der Waals surface area contributed by atoms with Crippen LogP contribution in [0.3, 0.4) is 0 Å². The van der Waals surface area contributed by atoms with Gasteiger partial charge in [0.1, 0.15) is 0 Å². The molecule has 1 fully saturated rings. The van der Waals surface area contributed by atoms with Gasteiger partial charge in [-0.1, -0.05) is 13.3 Å². The lowest BCUT2D eigenvalue weighted by molar-refractivity contribution is 0.0602. The second kappa shape index (κ2) is 6.16. The molecule has 110 valence electrons. The molecule has 2 rings (SSSR count). The number of hydrogen-bond donors (Lipinski definition) is 1. The van der Waals surface area contributed by atoms with E-state index in [-0.39, 0.29) is 5.97 Å². The summed E-state index contributed by atoms with van der Waals surface area (Å²) in [7, 11) is 1.39. The van der Waals surface area contributed by atoms with Crippen LogP contribution in [0.25, 0.3) is 0 Å². The van der Waals surface area contributed by atoms with Gasteiger partial charge in [-0.05, 0) is 43.4 Å². The molecule has 1 aromatic rings. The standard InChI is InChI=1S/C16H24N2O2/c1-4-12-5-7-18(8-6-12)13-9-11(2)15(17)14(10-13)16(19)20-3/h9-10,12H,4-8,17H2,1-3H3. The molecule has 1 heterocycles. The number of esters is 1. The maximum absolute atomic E-state index is 11.8. The van der Waals surface area contributed by atoms with E-state index in [9.17, 15) is 4.79 Å². The summed E-state index contributed by atoms with van der Waals surface area (Å²) in [6, 6.07) is 3.93. The van der Waals surface area contributed by atoms with Crippen LogP contribution >= 0.6 is 0 Å². The highest BCUT2D eigenvalue weighted by Crippen LogP contribution is 2.29. The highest BCUT2D eigenvalue weighted by Gasteiger charge is 2.21. The van der Waals surface area contributed by atoms with Gasteiger partial charge in [-0.3, -0.25) is 0 Å². The van der Waals surface area contributed by atoms with Crippen molar-refractivity contribution in [1.82, 2.24) is 0 Å². The molecule has 0 atom stereocenters. The third-order valence-electron chi connectivity index (χ3n) is 4.33. The topological polar surface area (TPSA) is 55.6 Å². The number of nitrogens with two attached hydrogens (primary N) is 1. The molecule has 0 spiro atoms. The number of rotatable bonds is 3. The predicted molar refractivity (Wildman–Crippen MR) is 82.2 cm³/mol. The zero-order valence-electron chi connectivity index (χ0n) is 12.6. The lowest BCUT2D eigenvalue weighted by atomic mass is 9.94. The first kappa shape index (κ1) is 14.7. The summed E-state index contributed by atoms with van der Waals surface area (Å²) in [5, 5.41) is 0. The number of benzene rings is 1. The summed E-state index contributed by atoms with van der Waals surface area (Å²) < 4.78 is 4.81. The van der Waals surface area contributed by atoms with E-state index in [0.717, 1.165) is 30.3 Å². The van der Waals surface area contributed by atoms with E-state index < -0.39 is 0 Å². The fourth-order valence-corrected chi connectivity index (χ4v) is 2.84. The third kappa shape index (κ3) is 2.89. The monoisotopic (exact) mass is 276 g/mol. The number of carbonyl (C=O) groups excluding carboxylic acids is 1. The Hall–Kier alpha value is -1.71. The van der Waals surface area contributed by atoms with Crippen molar-refractivity contribution >= 4 is 17.3 Å². The first-order valence-electron chi connectivity index (χ1n) is 7.30. The number of carbonyl (C=O) groups is 1. The normalized spacial score (nSPS) is 16.2. The molecular formula is C16H24N2O2. The number of nitrogens with zero attached hydrogens (tertiary/aromatic N) is 1. The number of methoxy groups -OCH3 is 1. The first-order valence-corrected chi connectivity index (χ1v) is 7.30. The molecule has 1 saturated heterocycles. The summed E-state index contributed by atoms with van der Waals surface area (Å²) in [5.41, 5.74) is 8.98. The smallest absolute Gasteiger partial charge is 0.340 e. The molecule has 2 N–H and O–H groups in total. The second-order valence-corrected chi connectivity index (χ2v) is 5.55. The molecule has 0 radical (unpaired) electrons. The molecule has 20 heavy (non-hydrogen) atoms. The number of aryl methyl sites for hydroxylation is 1. The zero-order chi connectivity index (χ0) is 14.7. The summed E-state index contributed by atoms with van der Waals surface area (Å²) in [6.45, 7) is 6.28. The largest absolute Gasteiger partial charge is 0.465 e. The van der Waals surface area contributed by atoms with Crippen molar-refractivity contribution in [3.8, 4) is 0 Å². The number of hydrogen-bond acceptors (Lipinski definition) is 4. The van der Waals surface area contributed by atoms with Crippen LogP contribution in [0, 0.1) is 12.8 Å². The van der Waals surface area contributed by atoms with Crippen LogP contribution in [-0.4, -0.2) is 26.2 Å². The fourth-order valence-electron chi connectivity index (χ4n) is 2.84. The third-order valence-corrected chi connectivity index (χ3v) is 4.33. The molecule has 0 aromatic heterocycles. The number of piperidine rings is 1. The van der Waals surface area contributed by atoms with E-state index in [1.165, 1.54) is 26.4 Å². The van der Waals surface area contributed by atoms with Gasteiger partial charge in [-0.25, -0.2) is 4.79 Å². The SMILES string of the molecule is CCC1CCN(c2cc(C)c(N)c(C(=O)OC)c2)CC1. The van der Waals surface area contributed by atoms with Gasteiger partial charge in [0.15, 0.2) is 0 Å². The van der Waals surface area contributed by atoms with E-state index in [0.29, 0.717) is 11.3 Å². The van der Waals surface area contributed by atoms with Gasteiger partial charge in [0.25, 0.3) is 0 Å². The first-order chi connectivity index (χ1) is 9.56. The van der Waals surface area contributed by atoms with E-state index in [4.69, 9.17) is 10.5 Å². The minimum Gasteiger partial charge on any atom is -0.465 e. The predicted octanol–water partition coefficient (Wildman–Crippen LogP) is 2.99. The van der Waals surface area contributed by atoms with Crippen LogP contribution in [-0.2, 0) is 4.74 Å². The van der Waals surface area contributed by atoms with Crippen molar-refractivity contribution in [2.45, 2.75) is 33.1 Å². The Morgan fingerprint density at radius 3 is 2.60 bits per heavy atom. The summed E-state index contributed by atoms with van der Waals surface area (Å²) in [4.78, 5) is 14.1. The molecule has 0 amide bonds. The molecule has 0 unspecified atom stereocenters. The Bertz CT molecular complexity index is 491. The van der Waals surface area contributed by atoms with E-state index in [2.05, 4.69) is 17.9 Å². The number of ether oxygens (including phenoxy) is 1. The molecular weight excluding hydrogens is 252 g/mol. The van der Waals surface area contributed by atoms with Crippen molar-refractivity contribution in [3.05, 3.63) is 23.3 Å². The Morgan fingerprint density at radius 1 is 1.40 bits per heavy atom. The van der Waals surface area contributed by atoms with Crippen LogP contribution in [0.4, 0.5) is 11.4 Å². The van der Waals surface area contributed by atoms with Gasteiger partial charge in [0.2, 0.25) is 0 Å². The minimum atomic E-state index is -0.365. The zero-order valence-corrected chi connectivity index (χ0v) is 12.6. The fraction of sp³-hybridized carbons (Fsp3) is 0.562. The number of anilines is 2. The Morgan fingerprint density at radius 2 is 2.05 bits per heavy atom. The summed E-state index contributed by atoms with van der Waals surface area (Å²) in [6.07, 6.45) is 3.68. The van der Waals surface area contributed by atoms with Crippen LogP contribution < -0.4 is 10.6 Å². The Labute approximate surface area is 120 Å². The van der Waals surface area contributed by atoms with Gasteiger partial charge < -0.3 is 15.4 Å². The van der Waals surface area contributed by atoms with Gasteiger partial charge in [-0.2, -0.15) is 0 Å². The maximum Gasteiger partial charge on any atom is 0.340 e. The van der Waals surface area contributed by atoms with Crippen molar-refractivity contribution in [3.63, 3.8) is 0 Å². The highest BCUT2D eigenvalue weighted by atomic mass is 16.5. The molecule has 4 nitrogen and oxygen atoms in total. The minimum absolute atomic E-state index is 0.365. The van der Waals surface area contributed by atoms with Crippen LogP contribution in [0.15, 0.2) is 12.1 Å². The van der Waals surface area contributed by atoms with Crippen LogP contribution in [0.2, 0.25) is 0 Å². The lowest BCUT2D eigenvalue weighted by Gasteiger charge is -2.33.